The number of aldehydes is 1. The molecule has 112 heavy (non-hydrogen) atoms. The average molecular weight is 1600 g/mol. The molecule has 5 aromatic carbocycles. The number of amides is 5. The largest absolute Gasteiger partial charge is 0.490 e. The number of hydrogen-bond acceptors (Lipinski definition) is 27. The Hall–Kier alpha value is -7.88. The zero-order chi connectivity index (χ0) is 80.7. The summed E-state index contributed by atoms with van der Waals surface area (Å²) in [6.45, 7) is 5.22. The molecular weight excluding hydrogens is 1500 g/mol. The number of carbonyl (C=O) groups is 8. The Balaban J connectivity index is 0.855. The van der Waals surface area contributed by atoms with Gasteiger partial charge in [-0.1, -0.05) is 84.9 Å². The smallest absolute Gasteiger partial charge is 0.364 e. The monoisotopic (exact) mass is 1600 g/mol. The number of ketones is 1. The number of aliphatic carboxylic acids is 1. The lowest BCUT2D eigenvalue weighted by Crippen LogP contribution is -2.68. The number of hydrogen-bond donors (Lipinski definition) is 13. The van der Waals surface area contributed by atoms with Crippen LogP contribution in [-0.4, -0.2) is 291 Å². The first-order valence-corrected chi connectivity index (χ1v) is 39.5. The zero-order valence-electron chi connectivity index (χ0n) is 62.9. The third kappa shape index (κ3) is 29.8. The van der Waals surface area contributed by atoms with Gasteiger partial charge in [-0.15, -0.1) is 0 Å². The third-order valence-corrected chi connectivity index (χ3v) is 20.1. The van der Waals surface area contributed by atoms with Crippen LogP contribution in [0.1, 0.15) is 93.8 Å². The first-order valence-electron chi connectivity index (χ1n) is 37.2. The molecule has 7 rings (SSSR count). The number of benzene rings is 5. The molecule has 5 aromatic rings. The Morgan fingerprint density at radius 3 is 1.43 bits per heavy atom. The molecule has 14 N–H and O–H groups in total. The highest BCUT2D eigenvalue weighted by Gasteiger charge is 2.56. The fraction of sp³-hybridized carbons (Fsp3) is 0.519. The van der Waals surface area contributed by atoms with Gasteiger partial charge in [0.15, 0.2) is 12.1 Å². The van der Waals surface area contributed by atoms with E-state index in [0.717, 1.165) is 29.2 Å². The van der Waals surface area contributed by atoms with E-state index in [1.165, 1.54) is 48.6 Å². The van der Waals surface area contributed by atoms with Crippen LogP contribution < -0.4 is 37.1 Å². The van der Waals surface area contributed by atoms with Gasteiger partial charge in [-0.2, -0.15) is 23.5 Å². The Morgan fingerprint density at radius 2 is 0.946 bits per heavy atom. The van der Waals surface area contributed by atoms with Crippen LogP contribution >= 0.6 is 23.5 Å². The summed E-state index contributed by atoms with van der Waals surface area (Å²) in [6.07, 6.45) is -13.3. The van der Waals surface area contributed by atoms with Crippen molar-refractivity contribution >= 4 is 71.1 Å². The summed E-state index contributed by atoms with van der Waals surface area (Å²) in [5, 5.41) is 91.1. The number of ether oxygens (including phenoxy) is 10. The number of thioether (sulfide) groups is 2. The van der Waals surface area contributed by atoms with Crippen LogP contribution in [-0.2, 0) is 61.8 Å². The van der Waals surface area contributed by atoms with E-state index in [1.807, 2.05) is 60.7 Å². The van der Waals surface area contributed by atoms with Gasteiger partial charge >= 0.3 is 5.97 Å². The van der Waals surface area contributed by atoms with Gasteiger partial charge < -0.3 is 115 Å². The lowest BCUT2D eigenvalue weighted by Gasteiger charge is -2.46. The second-order valence-electron chi connectivity index (χ2n) is 26.4. The quantitative estimate of drug-likeness (QED) is 0.0151. The van der Waals surface area contributed by atoms with Crippen molar-refractivity contribution < 1.29 is 121 Å². The maximum absolute atomic E-state index is 13.9. The summed E-state index contributed by atoms with van der Waals surface area (Å²) in [6, 6.07) is 34.4. The molecule has 0 bridgehead atoms. The summed E-state index contributed by atoms with van der Waals surface area (Å²) in [5.74, 6) is -7.31. The van der Waals surface area contributed by atoms with Crippen molar-refractivity contribution in [2.24, 2.45) is 5.73 Å². The molecule has 2 fully saturated rings. The number of rotatable bonds is 53. The Kier molecular flexibility index (Phi) is 40.0. The summed E-state index contributed by atoms with van der Waals surface area (Å²) in [5.41, 5.74) is 10.0. The molecule has 614 valence electrons. The van der Waals surface area contributed by atoms with Crippen molar-refractivity contribution in [3.8, 4) is 28.0 Å². The molecule has 31 nitrogen and oxygen atoms in total. The van der Waals surface area contributed by atoms with E-state index in [0.29, 0.717) is 94.9 Å². The van der Waals surface area contributed by atoms with Gasteiger partial charge in [0.05, 0.1) is 121 Å². The van der Waals surface area contributed by atoms with E-state index in [9.17, 15) is 74.1 Å². The van der Waals surface area contributed by atoms with E-state index in [2.05, 4.69) is 26.6 Å². The van der Waals surface area contributed by atoms with E-state index < -0.39 is 134 Å². The zero-order valence-corrected chi connectivity index (χ0v) is 64.6. The third-order valence-electron chi connectivity index (χ3n) is 17.9. The molecule has 33 heteroatoms. The number of carbonyl (C=O) groups excluding carboxylic acids is 7. The fourth-order valence-electron chi connectivity index (χ4n) is 12.1. The fourth-order valence-corrected chi connectivity index (χ4v) is 13.8. The van der Waals surface area contributed by atoms with Gasteiger partial charge in [-0.05, 0) is 101 Å². The van der Waals surface area contributed by atoms with Crippen LogP contribution in [0.3, 0.4) is 0 Å². The highest BCUT2D eigenvalue weighted by molar-refractivity contribution is 7.99. The summed E-state index contributed by atoms with van der Waals surface area (Å²) >= 11 is 2.91. The Morgan fingerprint density at radius 1 is 0.518 bits per heavy atom. The average Bonchev–Trinajstić information content (AvgIpc) is 0.770. The summed E-state index contributed by atoms with van der Waals surface area (Å²) < 4.78 is 57.3. The summed E-state index contributed by atoms with van der Waals surface area (Å²) in [4.78, 5) is 104. The van der Waals surface area contributed by atoms with E-state index in [1.54, 1.807) is 48.5 Å². The predicted molar refractivity (Wildman–Crippen MR) is 415 cm³/mol. The molecule has 5 amide bonds. The number of nitrogens with two attached hydrogens (primary N) is 1. The molecule has 2 aliphatic heterocycles. The van der Waals surface area contributed by atoms with Gasteiger partial charge in [-0.3, -0.25) is 33.6 Å². The second kappa shape index (κ2) is 49.0. The highest BCUT2D eigenvalue weighted by Crippen LogP contribution is 2.36. The predicted octanol–water partition coefficient (Wildman–Crippen LogP) is 2.70. The van der Waals surface area contributed by atoms with Gasteiger partial charge in [0.2, 0.25) is 17.6 Å². The minimum Gasteiger partial charge on any atom is -0.490 e. The lowest BCUT2D eigenvalue weighted by atomic mass is 9.88. The van der Waals surface area contributed by atoms with Crippen LogP contribution in [0.15, 0.2) is 127 Å². The van der Waals surface area contributed by atoms with Crippen molar-refractivity contribution in [2.45, 2.75) is 125 Å². The van der Waals surface area contributed by atoms with Crippen LogP contribution in [0.2, 0.25) is 0 Å². The van der Waals surface area contributed by atoms with E-state index >= 15 is 0 Å². The van der Waals surface area contributed by atoms with Gasteiger partial charge in [0.1, 0.15) is 36.8 Å². The van der Waals surface area contributed by atoms with Crippen molar-refractivity contribution in [2.75, 3.05) is 135 Å². The maximum atomic E-state index is 13.9. The van der Waals surface area contributed by atoms with E-state index in [4.69, 9.17) is 53.1 Å². The first-order chi connectivity index (χ1) is 54.1. The first kappa shape index (κ1) is 91.3. The molecule has 0 aliphatic carbocycles. The SMILES string of the molecule is CC(=O)N[C@H]1[C@H]([C@H](O)[C@H](O)CNC(=O)c2ccc(-c3ccccc3)cc2)O[C@](C=O)(OCCCSCCNC(=O)c2ccc(C(=O)CCCSCCCO[C@]3(C(=O)O)C[C@H](O)[C@@H](NC(C)=O)[C@H]([C@H](O)[C@H](O)CNC(=O)c4ccc(-c5ccccc5)cc4)O3)c(OCCOCCOCCOCCOCCOCCN)c2)C[C@@H]1O. The van der Waals surface area contributed by atoms with Gasteiger partial charge in [-0.25, -0.2) is 4.79 Å². The topological polar surface area (TPSA) is 457 Å². The second-order valence-corrected chi connectivity index (χ2v) is 28.8. The number of Topliss-reactive ketones (excluding diaryl/α,β-unsaturated/α-hetero) is 1. The summed E-state index contributed by atoms with van der Waals surface area (Å²) in [7, 11) is 0. The number of carboxylic acid groups (broad SMARTS) is 1. The minimum absolute atomic E-state index is 0.0136. The molecular formula is C79H106N6O25S2. The van der Waals surface area contributed by atoms with Crippen LogP contribution in [0, 0.1) is 0 Å². The standard InChI is InChI=1S/C79H106N6O25S2/c1-52(87)84-68-63(90)47-78(51-86,109-72(68)70(94)65(92)49-82-74(96)58-21-17-56(18-22-58)54-12-5-3-6-13-54)107-29-10-44-112-45-28-81-76(98)60-25-26-61(67(46-60)106-41-40-105-39-38-104-37-36-103-35-34-102-33-32-101-31-27-80)62(89)16-9-42-111-43-11-30-108-79(77(99)100)48-64(91)69(85-53(2)88)73(110-79)71(95)66(93)50-83-75(97)59-23-19-57(20-24-59)55-14-7-4-8-15-55/h3-8,12-15,17-26,46,51,63-66,68-73,90-95H,9-11,16,27-45,47-50,80H2,1-2H3,(H,81,98)(H,82,96)(H,83,97)(H,84,87)(H,85,88)(H,99,100)/t63-,64-,65+,66+,68+,69+,70+,71+,72+,73+,78+,79+/m0/s1. The molecule has 0 radical (unpaired) electrons. The molecule has 0 saturated carbocycles. The number of aliphatic hydroxyl groups excluding tert-OH is 6. The van der Waals surface area contributed by atoms with Crippen molar-refractivity contribution in [1.82, 2.24) is 26.6 Å². The number of aliphatic hydroxyl groups is 6. The maximum Gasteiger partial charge on any atom is 0.364 e. The van der Waals surface area contributed by atoms with Gasteiger partial charge in [0, 0.05) is 81.7 Å². The van der Waals surface area contributed by atoms with Crippen LogP contribution in [0.5, 0.6) is 5.75 Å². The highest BCUT2D eigenvalue weighted by atomic mass is 32.2. The molecule has 0 aromatic heterocycles. The van der Waals surface area contributed by atoms with Crippen molar-refractivity contribution in [1.29, 1.82) is 0 Å². The number of carboxylic acids is 1. The van der Waals surface area contributed by atoms with Crippen molar-refractivity contribution in [3.05, 3.63) is 150 Å². The van der Waals surface area contributed by atoms with Crippen LogP contribution in [0.4, 0.5) is 0 Å². The molecule has 2 heterocycles. The molecule has 2 aliphatic rings. The minimum atomic E-state index is -2.52. The molecule has 2 saturated heterocycles. The van der Waals surface area contributed by atoms with Crippen LogP contribution in [0.25, 0.3) is 22.3 Å². The molecule has 12 atom stereocenters. The van der Waals surface area contributed by atoms with Crippen molar-refractivity contribution in [3.63, 3.8) is 0 Å². The molecule has 0 unspecified atom stereocenters. The Labute approximate surface area is 659 Å². The van der Waals surface area contributed by atoms with Gasteiger partial charge in [0.25, 0.3) is 23.5 Å². The normalized spacial score (nSPS) is 20.6. The molecule has 0 spiro atoms. The lowest BCUT2D eigenvalue weighted by molar-refractivity contribution is -0.310. The van der Waals surface area contributed by atoms with E-state index in [-0.39, 0.29) is 92.8 Å². The Bertz CT molecular complexity index is 3690. The number of nitrogens with one attached hydrogen (secondary N) is 5.